The Bertz CT molecular complexity index is 6180. The number of hydrogen-bond donors (Lipinski definition) is 2. The first kappa shape index (κ1) is 75.2. The van der Waals surface area contributed by atoms with Crippen molar-refractivity contribution in [2.75, 3.05) is 23.0 Å². The molecule has 2 N–H and O–H groups in total. The van der Waals surface area contributed by atoms with Crippen molar-refractivity contribution in [2.45, 2.75) is 44.9 Å². The largest absolute Gasteiger partial charge is 2.00 e. The number of aryl methyl sites for hydroxylation is 2. The van der Waals surface area contributed by atoms with E-state index in [-0.39, 0.29) is 22.0 Å². The molecule has 1 unspecified atom stereocenters. The molecule has 0 spiro atoms. The first-order chi connectivity index (χ1) is 55.8. The molecule has 0 fully saturated rings. The van der Waals surface area contributed by atoms with Crippen LogP contribution < -0.4 is 29.2 Å². The fraction of sp³-hybridized carbons (Fsp3) is 0.0851. The number of nitrogens with zero attached hydrogens (tertiary/aromatic N) is 10. The Morgan fingerprint density at radius 2 is 0.737 bits per heavy atom. The number of nitrogens with one attached hydrogen (secondary N) is 1. The number of rotatable bonds is 10. The van der Waals surface area contributed by atoms with E-state index in [1.807, 2.05) is 97.1 Å². The summed E-state index contributed by atoms with van der Waals surface area (Å²) in [4.78, 5) is 46.3. The smallest absolute Gasteiger partial charge is 0.485 e. The van der Waals surface area contributed by atoms with E-state index < -0.39 is 10.1 Å². The molecule has 0 aliphatic carbocycles. The number of fused-ring (bicyclic) bond motifs is 23. The summed E-state index contributed by atoms with van der Waals surface area (Å²) < 4.78 is 46.9. The Hall–Kier alpha value is -12.8. The van der Waals surface area contributed by atoms with Gasteiger partial charge >= 0.3 is 17.1 Å². The van der Waals surface area contributed by atoms with E-state index in [4.69, 9.17) is 55.3 Å². The molecule has 17 aromatic rings. The Kier molecular flexibility index (Phi) is 22.4. The van der Waals surface area contributed by atoms with E-state index in [0.29, 0.717) is 65.0 Å². The van der Waals surface area contributed by atoms with E-state index >= 15 is 0 Å². The zero-order valence-corrected chi connectivity index (χ0v) is 65.9. The molecule has 0 saturated heterocycles. The van der Waals surface area contributed by atoms with E-state index in [1.165, 1.54) is 54.6 Å². The molecule has 0 saturated carbocycles. The third kappa shape index (κ3) is 15.8. The second-order valence-electron chi connectivity index (χ2n) is 27.0. The minimum atomic E-state index is -4.05. The number of hydrogen-bond acceptors (Lipinski definition) is 14. The van der Waals surface area contributed by atoms with E-state index in [1.54, 1.807) is 23.5 Å². The molecule has 20 heteroatoms. The zero-order chi connectivity index (χ0) is 78.2. The van der Waals surface area contributed by atoms with Crippen LogP contribution >= 0.6 is 20.4 Å². The van der Waals surface area contributed by atoms with Gasteiger partial charge in [-0.05, 0) is 157 Å². The summed E-state index contributed by atoms with van der Waals surface area (Å²) in [5.74, 6) is 4.53. The quantitative estimate of drug-likeness (QED) is 0.0741. The Balaban J connectivity index is 0.000000135. The summed E-state index contributed by atoms with van der Waals surface area (Å²) in [6.07, 6.45) is 1.01. The predicted octanol–water partition coefficient (Wildman–Crippen LogP) is 24.2. The molecule has 8 bridgehead atoms. The summed E-state index contributed by atoms with van der Waals surface area (Å²) >= 11 is 1.74. The van der Waals surface area contributed by atoms with Crippen LogP contribution in [0.1, 0.15) is 41.5 Å². The maximum atomic E-state index is 10.7. The number of benzene rings is 13. The molecule has 1 atom stereocenters. The fourth-order valence-corrected chi connectivity index (χ4v) is 15.8. The van der Waals surface area contributed by atoms with Crippen LogP contribution in [-0.4, -0.2) is 56.1 Å². The van der Waals surface area contributed by atoms with Crippen molar-refractivity contribution in [3.05, 3.63) is 331 Å². The van der Waals surface area contributed by atoms with Gasteiger partial charge in [0.1, 0.15) is 13.2 Å². The van der Waals surface area contributed by atoms with Crippen LogP contribution in [0.15, 0.2) is 320 Å². The van der Waals surface area contributed by atoms with Crippen molar-refractivity contribution < 1.29 is 40.9 Å². The molecular formula is C94H74CuN11O5PS2. The van der Waals surface area contributed by atoms with Crippen LogP contribution in [0.25, 0.3) is 122 Å². The first-order valence-corrected chi connectivity index (χ1v) is 39.7. The minimum Gasteiger partial charge on any atom is -0.485 e. The molecule has 20 rings (SSSR count). The molecule has 3 aliphatic heterocycles. The fourth-order valence-electron chi connectivity index (χ4n) is 14.3. The maximum Gasteiger partial charge on any atom is 2.00 e. The van der Waals surface area contributed by atoms with Crippen molar-refractivity contribution in [2.24, 2.45) is 0 Å². The number of anilines is 6. The topological polar surface area (TPSA) is 209 Å². The van der Waals surface area contributed by atoms with Gasteiger partial charge in [0.05, 0.1) is 39.6 Å². The van der Waals surface area contributed by atoms with Crippen molar-refractivity contribution in [1.82, 2.24) is 39.9 Å². The van der Waals surface area contributed by atoms with Crippen molar-refractivity contribution in [3.8, 4) is 68.2 Å². The van der Waals surface area contributed by atoms with Gasteiger partial charge in [0, 0.05) is 88.1 Å². The number of ether oxygens (including phenoxy) is 2. The summed E-state index contributed by atoms with van der Waals surface area (Å²) in [6, 6.07) is 107. The molecule has 3 aliphatic rings. The zero-order valence-electron chi connectivity index (χ0n) is 63.3. The summed E-state index contributed by atoms with van der Waals surface area (Å²) in [5, 5.41) is 11.0. The first-order valence-electron chi connectivity index (χ1n) is 37.4. The molecule has 114 heavy (non-hydrogen) atoms. The molecule has 7 heterocycles. The van der Waals surface area contributed by atoms with Crippen LogP contribution in [0, 0.1) is 19.0 Å². The van der Waals surface area contributed by atoms with E-state index in [9.17, 15) is 8.42 Å². The second-order valence-corrected chi connectivity index (χ2v) is 29.9. The minimum absolute atomic E-state index is 0. The average molecular weight is 1600 g/mol. The number of thiophene rings is 1. The maximum absolute atomic E-state index is 10.7. The van der Waals surface area contributed by atoms with Gasteiger partial charge in [0.25, 0.3) is 10.1 Å². The monoisotopic (exact) mass is 1600 g/mol. The van der Waals surface area contributed by atoms with Crippen LogP contribution in [0.2, 0.25) is 1.41 Å². The van der Waals surface area contributed by atoms with Gasteiger partial charge in [-0.3, -0.25) is 9.71 Å². The normalized spacial score (nSPS) is 12.0. The molecule has 16 nitrogen and oxygen atoms in total. The van der Waals surface area contributed by atoms with Gasteiger partial charge in [-0.1, -0.05) is 257 Å². The van der Waals surface area contributed by atoms with Gasteiger partial charge in [0.2, 0.25) is 0 Å². The third-order valence-corrected chi connectivity index (χ3v) is 21.9. The van der Waals surface area contributed by atoms with Gasteiger partial charge < -0.3 is 49.2 Å². The van der Waals surface area contributed by atoms with Crippen LogP contribution in [-0.2, 0) is 27.2 Å². The molecule has 4 aromatic heterocycles. The third-order valence-electron chi connectivity index (χ3n) is 20.0. The van der Waals surface area contributed by atoms with E-state index in [0.717, 1.165) is 101 Å². The summed E-state index contributed by atoms with van der Waals surface area (Å²) in [5.41, 5.74) is 16.0. The van der Waals surface area contributed by atoms with Gasteiger partial charge in [0.15, 0.2) is 12.9 Å². The van der Waals surface area contributed by atoms with Crippen molar-refractivity contribution in [1.29, 1.82) is 5.15 Å². The van der Waals surface area contributed by atoms with E-state index in [2.05, 4.69) is 246 Å². The van der Waals surface area contributed by atoms with Gasteiger partial charge in [-0.15, -0.1) is 11.3 Å². The van der Waals surface area contributed by atoms with Crippen molar-refractivity contribution >= 4 is 130 Å². The Labute approximate surface area is 678 Å². The Morgan fingerprint density at radius 1 is 0.430 bits per heavy atom. The predicted molar refractivity (Wildman–Crippen MR) is 461 cm³/mol. The second kappa shape index (κ2) is 34.0. The van der Waals surface area contributed by atoms with Crippen LogP contribution in [0.5, 0.6) is 11.5 Å². The van der Waals surface area contributed by atoms with Gasteiger partial charge in [-0.25, -0.2) is 9.97 Å². The molecule has 0 amide bonds. The van der Waals surface area contributed by atoms with Crippen LogP contribution in [0.4, 0.5) is 34.1 Å². The number of para-hydroxylation sites is 2. The standard InChI is InChI=1S/C44H32N2.C32H16N8.C10H14O3S.C8H10O2S.Cu.H2NP/c1-3-17-37(18-4-1)45(43-23-11-15-35-13-7-9-21-41(35)43)39-29-25-33(26-30-39)34-27-31-40(32-28-34)46(38-19-5-2-6-20-38)44-24-12-16-36-14-8-10-22-42(36)44;1-2-10-18-17(9-1)25-33-26(18)38-28-21-13-5-6-14-22(21)30(35-28)40-32-24-16-8-7-15-23(24)31(36-32)39-29-20-12-4-3-11-19(20)27(34-29)37-25;1-3-8(2)9-4-6-10(7-5-9)14(11,12)13;1-5-7-8(6(2)11-5)10-4-3-9-7;;1-2/h1-32H;1-16H;4-8H,3H2,1-2H3,(H,11,12,13);3-4H2,1-2H3;;1-2H/q;-2;;;+2;/i/hD. The van der Waals surface area contributed by atoms with Gasteiger partial charge in [-0.2, -0.15) is 8.42 Å². The van der Waals surface area contributed by atoms with Crippen molar-refractivity contribution in [3.63, 3.8) is 0 Å². The van der Waals surface area contributed by atoms with Crippen LogP contribution in [0.3, 0.4) is 0 Å². The molecule has 13 aromatic carbocycles. The summed E-state index contributed by atoms with van der Waals surface area (Å²) in [6.45, 7) is 9.63. The number of aromatic nitrogens is 8. The SMILES string of the molecule is CCC(C)c1ccc(S(=O)(=O)O)cc1.Cc1sc(C)c2c1OCCO2.[2H]N=P.[Cu+2].c1ccc(N(c2ccc(-c3ccc(N(c4ccccc4)c4cccc5ccccc45)cc3)cc2)c2cccc3ccccc23)cc1.c1ccc2c(c1)-c1nc-2nc2[n-]c(nc3nc(nc4[n-]c(n1)c1ccccc41)-c1ccccc1-3)c1ccccc21. The molecule has 563 valence electrons. The Morgan fingerprint density at radius 3 is 1.08 bits per heavy atom. The molecular weight excluding hydrogens is 1520 g/mol. The summed E-state index contributed by atoms with van der Waals surface area (Å²) in [7, 11) is -1.58. The average Bonchev–Trinajstić information content (AvgIpc) is 1.67. The molecule has 1 radical (unpaired) electrons.